The van der Waals surface area contributed by atoms with Crippen molar-refractivity contribution < 1.29 is 19.7 Å². The Kier molecular flexibility index (Phi) is 5.40. The fourth-order valence-electron chi connectivity index (χ4n) is 4.96. The lowest BCUT2D eigenvalue weighted by Gasteiger charge is -2.24. The number of rotatable bonds is 4. The Morgan fingerprint density at radius 2 is 2.11 bits per heavy atom. The predicted octanol–water partition coefficient (Wildman–Crippen LogP) is -0.254. The zero-order valence-electron chi connectivity index (χ0n) is 19.3. The first-order chi connectivity index (χ1) is 17.3. The van der Waals surface area contributed by atoms with Gasteiger partial charge < -0.3 is 36.3 Å². The molecule has 36 heavy (non-hydrogen) atoms. The molecule has 0 bridgehead atoms. The van der Waals surface area contributed by atoms with Gasteiger partial charge in [0.15, 0.2) is 17.5 Å². The molecule has 0 spiro atoms. The number of anilines is 2. The van der Waals surface area contributed by atoms with Gasteiger partial charge in [-0.2, -0.15) is 5.10 Å². The molecule has 1 aliphatic carbocycles. The van der Waals surface area contributed by atoms with E-state index >= 15 is 0 Å². The number of ether oxygens (including phenoxy) is 1. The Balaban J connectivity index is 1.27. The van der Waals surface area contributed by atoms with Crippen LogP contribution in [0.5, 0.6) is 0 Å². The third kappa shape index (κ3) is 3.69. The molecule has 5 atom stereocenters. The summed E-state index contributed by atoms with van der Waals surface area (Å²) in [5.74, 6) is -0.257. The van der Waals surface area contributed by atoms with Gasteiger partial charge in [0.05, 0.1) is 16.8 Å². The first kappa shape index (κ1) is 22.8. The number of amides is 1. The number of carbonyl (C=O) groups excluding carboxylic acids is 1. The molecule has 0 unspecified atom stereocenters. The molecular weight excluding hydrogens is 486 g/mol. The number of nitrogen functional groups attached to an aromatic ring is 2. The Morgan fingerprint density at radius 3 is 2.89 bits per heavy atom. The van der Waals surface area contributed by atoms with Gasteiger partial charge in [0, 0.05) is 42.3 Å². The average Bonchev–Trinajstić information content (AvgIpc) is 3.59. The number of thiazole rings is 1. The third-order valence-electron chi connectivity index (χ3n) is 6.70. The van der Waals surface area contributed by atoms with Crippen molar-refractivity contribution in [2.75, 3.05) is 11.5 Å². The van der Waals surface area contributed by atoms with Crippen molar-refractivity contribution in [3.63, 3.8) is 0 Å². The van der Waals surface area contributed by atoms with Gasteiger partial charge in [0.1, 0.15) is 30.0 Å². The molecule has 13 nitrogen and oxygen atoms in total. The fraction of sp³-hybridized carbons (Fsp3) is 0.409. The molecule has 2 aliphatic rings. The minimum atomic E-state index is -1.44. The zero-order valence-corrected chi connectivity index (χ0v) is 20.1. The van der Waals surface area contributed by atoms with Crippen molar-refractivity contribution in [3.05, 3.63) is 35.4 Å². The van der Waals surface area contributed by atoms with Crippen molar-refractivity contribution >= 4 is 39.2 Å². The largest absolute Gasteiger partial charge is 0.387 e. The van der Waals surface area contributed by atoms with E-state index in [0.29, 0.717) is 46.7 Å². The van der Waals surface area contributed by atoms with Crippen molar-refractivity contribution in [2.45, 2.75) is 49.8 Å². The molecule has 7 N–H and O–H groups in total. The smallest absolute Gasteiger partial charge is 0.252 e. The van der Waals surface area contributed by atoms with Crippen LogP contribution >= 0.6 is 11.3 Å². The van der Waals surface area contributed by atoms with Gasteiger partial charge in [-0.1, -0.05) is 0 Å². The topological polar surface area (TPSA) is 192 Å². The lowest BCUT2D eigenvalue weighted by atomic mass is 9.97. The van der Waals surface area contributed by atoms with Crippen molar-refractivity contribution in [1.29, 1.82) is 0 Å². The van der Waals surface area contributed by atoms with E-state index < -0.39 is 30.4 Å². The van der Waals surface area contributed by atoms with Crippen LogP contribution in [0.15, 0.2) is 24.8 Å². The van der Waals surface area contributed by atoms with E-state index in [2.05, 4.69) is 25.4 Å². The molecule has 14 heteroatoms. The number of hydrogen-bond donors (Lipinski definition) is 5. The van der Waals surface area contributed by atoms with Crippen LogP contribution in [0.2, 0.25) is 0 Å². The number of aryl methyl sites for hydroxylation is 2. The summed E-state index contributed by atoms with van der Waals surface area (Å²) in [5.41, 5.74) is 14.6. The van der Waals surface area contributed by atoms with E-state index in [1.54, 1.807) is 28.7 Å². The number of nitrogens with one attached hydrogen (secondary N) is 1. The van der Waals surface area contributed by atoms with Gasteiger partial charge in [-0.15, -0.1) is 11.3 Å². The summed E-state index contributed by atoms with van der Waals surface area (Å²) >= 11 is 1.42. The SMILES string of the molecule is Cn1ccc(-c2cn([C@@H]3O[C@H](C(=O)N[C@H]4CCc5nc(N)sc5C4)[C@@H](O)[C@H]3O)c3ncnc(N)c23)n1. The summed E-state index contributed by atoms with van der Waals surface area (Å²) in [6, 6.07) is 1.67. The van der Waals surface area contributed by atoms with Gasteiger partial charge >= 0.3 is 0 Å². The molecule has 1 aliphatic heterocycles. The number of carbonyl (C=O) groups is 1. The van der Waals surface area contributed by atoms with Crippen molar-refractivity contribution in [2.24, 2.45) is 7.05 Å². The highest BCUT2D eigenvalue weighted by Crippen LogP contribution is 2.38. The first-order valence-corrected chi connectivity index (χ1v) is 12.3. The van der Waals surface area contributed by atoms with Crippen LogP contribution in [0.25, 0.3) is 22.3 Å². The van der Waals surface area contributed by atoms with Crippen LogP contribution in [0.1, 0.15) is 23.2 Å². The number of aromatic nitrogens is 6. The Morgan fingerprint density at radius 1 is 1.28 bits per heavy atom. The summed E-state index contributed by atoms with van der Waals surface area (Å²) < 4.78 is 9.16. The normalized spacial score (nSPS) is 25.8. The molecule has 1 amide bonds. The Labute approximate surface area is 208 Å². The molecule has 0 aromatic carbocycles. The van der Waals surface area contributed by atoms with Gasteiger partial charge in [-0.25, -0.2) is 15.0 Å². The zero-order chi connectivity index (χ0) is 25.1. The molecule has 188 valence electrons. The lowest BCUT2D eigenvalue weighted by molar-refractivity contribution is -0.138. The highest BCUT2D eigenvalue weighted by atomic mass is 32.1. The summed E-state index contributed by atoms with van der Waals surface area (Å²) in [6.07, 6.45) is 1.62. The van der Waals surface area contributed by atoms with Crippen LogP contribution < -0.4 is 16.8 Å². The molecule has 6 rings (SSSR count). The number of nitrogens with two attached hydrogens (primary N) is 2. The van der Waals surface area contributed by atoms with Crippen molar-refractivity contribution in [1.82, 2.24) is 34.6 Å². The minimum Gasteiger partial charge on any atom is -0.387 e. The highest BCUT2D eigenvalue weighted by Gasteiger charge is 2.48. The number of aliphatic hydroxyl groups excluding tert-OH is 2. The monoisotopic (exact) mass is 511 g/mol. The summed E-state index contributed by atoms with van der Waals surface area (Å²) in [7, 11) is 1.79. The second kappa shape index (κ2) is 8.51. The average molecular weight is 512 g/mol. The molecular formula is C22H25N9O4S. The van der Waals surface area contributed by atoms with Gasteiger partial charge in [0.25, 0.3) is 5.91 Å². The molecule has 1 fully saturated rings. The standard InChI is InChI=1S/C22H25N9O4S/c1-30-5-4-11(29-30)10-7-31(19-14(10)18(23)25-8-26-19)21-16(33)15(32)17(35-21)20(34)27-9-2-3-12-13(6-9)36-22(24)28-12/h4-5,7-9,15-17,21,32-33H,2-3,6H2,1H3,(H2,24,28)(H,27,34)(H2,23,25,26)/t9-,15-,16+,17-,21+/m0/s1. The number of nitrogens with zero attached hydrogens (tertiary/aromatic N) is 6. The van der Waals surface area contributed by atoms with Crippen LogP contribution in [-0.4, -0.2) is 69.8 Å². The predicted molar refractivity (Wildman–Crippen MR) is 131 cm³/mol. The van der Waals surface area contributed by atoms with E-state index in [9.17, 15) is 15.0 Å². The Hall–Kier alpha value is -3.59. The highest BCUT2D eigenvalue weighted by molar-refractivity contribution is 7.15. The molecule has 5 heterocycles. The first-order valence-electron chi connectivity index (χ1n) is 11.5. The number of fused-ring (bicyclic) bond motifs is 2. The van der Waals surface area contributed by atoms with E-state index in [4.69, 9.17) is 16.2 Å². The van der Waals surface area contributed by atoms with Gasteiger partial charge in [-0.3, -0.25) is 9.48 Å². The van der Waals surface area contributed by atoms with Crippen LogP contribution in [-0.2, 0) is 29.4 Å². The van der Waals surface area contributed by atoms with Crippen molar-refractivity contribution in [3.8, 4) is 11.3 Å². The molecule has 1 saturated heterocycles. The maximum atomic E-state index is 13.1. The van der Waals surface area contributed by atoms with Crippen LogP contribution in [0.4, 0.5) is 10.9 Å². The Bertz CT molecular complexity index is 1460. The molecule has 4 aromatic heterocycles. The van der Waals surface area contributed by atoms with Crippen LogP contribution in [0, 0.1) is 0 Å². The van der Waals surface area contributed by atoms with E-state index in [1.165, 1.54) is 17.7 Å². The number of aliphatic hydroxyl groups is 2. The van der Waals surface area contributed by atoms with E-state index in [1.807, 2.05) is 6.07 Å². The summed E-state index contributed by atoms with van der Waals surface area (Å²) in [4.78, 5) is 26.9. The van der Waals surface area contributed by atoms with E-state index in [0.717, 1.165) is 10.6 Å². The van der Waals surface area contributed by atoms with Gasteiger partial charge in [0.2, 0.25) is 0 Å². The quantitative estimate of drug-likeness (QED) is 0.244. The lowest BCUT2D eigenvalue weighted by Crippen LogP contribution is -2.48. The maximum Gasteiger partial charge on any atom is 0.252 e. The summed E-state index contributed by atoms with van der Waals surface area (Å²) in [5, 5.41) is 30.1. The molecule has 0 radical (unpaired) electrons. The van der Waals surface area contributed by atoms with Crippen LogP contribution in [0.3, 0.4) is 0 Å². The second-order valence-corrected chi connectivity index (χ2v) is 10.2. The molecule has 4 aromatic rings. The fourth-order valence-corrected chi connectivity index (χ4v) is 5.92. The molecule has 0 saturated carbocycles. The second-order valence-electron chi connectivity index (χ2n) is 9.08. The maximum absolute atomic E-state index is 13.1. The number of hydrogen-bond acceptors (Lipinski definition) is 11. The van der Waals surface area contributed by atoms with Gasteiger partial charge in [-0.05, 0) is 18.9 Å². The van der Waals surface area contributed by atoms with E-state index in [-0.39, 0.29) is 11.9 Å². The summed E-state index contributed by atoms with van der Waals surface area (Å²) in [6.45, 7) is 0. The third-order valence-corrected chi connectivity index (χ3v) is 7.65. The minimum absolute atomic E-state index is 0.146.